The van der Waals surface area contributed by atoms with Crippen LogP contribution in [0, 0.1) is 0 Å². The van der Waals surface area contributed by atoms with E-state index in [1.165, 1.54) is 0 Å². The molecule has 0 spiro atoms. The molecule has 0 atom stereocenters. The van der Waals surface area contributed by atoms with Crippen LogP contribution in [0.2, 0.25) is 5.54 Å². The summed E-state index contributed by atoms with van der Waals surface area (Å²) in [6.45, 7) is 7.11. The highest BCUT2D eigenvalue weighted by Gasteiger charge is 1.93. The van der Waals surface area contributed by atoms with E-state index >= 15 is 0 Å². The predicted octanol–water partition coefficient (Wildman–Crippen LogP) is 2.00. The molecule has 0 amide bonds. The Balaban J connectivity index is 3.36. The molecule has 0 heterocycles. The zero-order valence-electron chi connectivity index (χ0n) is 4.02. The van der Waals surface area contributed by atoms with E-state index in [4.69, 9.17) is 11.1 Å². The minimum atomic E-state index is 0.307. The Kier molecular flexibility index (Phi) is 4.15. The van der Waals surface area contributed by atoms with Crippen molar-refractivity contribution in [2.75, 3.05) is 0 Å². The van der Waals surface area contributed by atoms with Crippen molar-refractivity contribution >= 4 is 19.9 Å². The number of hydrogen-bond acceptors (Lipinski definition) is 0. The number of hydrogen-bond donors (Lipinski definition) is 0. The summed E-state index contributed by atoms with van der Waals surface area (Å²) in [6, 6.07) is 0. The third kappa shape index (κ3) is 2.66. The van der Waals surface area contributed by atoms with Gasteiger partial charge >= 0.3 is 0 Å². The van der Waals surface area contributed by atoms with E-state index < -0.39 is 0 Å². The SMILES string of the molecule is C=CC(C=C)[Si]Cl. The first-order chi connectivity index (χ1) is 3.35. The molecule has 2 radical (unpaired) electrons. The van der Waals surface area contributed by atoms with Crippen molar-refractivity contribution in [3.8, 4) is 0 Å². The second kappa shape index (κ2) is 4.15. The van der Waals surface area contributed by atoms with Gasteiger partial charge in [0.15, 0.2) is 8.83 Å². The molecule has 0 N–H and O–H groups in total. The Morgan fingerprint density at radius 2 is 1.86 bits per heavy atom. The van der Waals surface area contributed by atoms with Gasteiger partial charge in [0.2, 0.25) is 0 Å². The lowest BCUT2D eigenvalue weighted by Gasteiger charge is -1.93. The highest BCUT2D eigenvalue weighted by atomic mass is 35.6. The van der Waals surface area contributed by atoms with E-state index in [9.17, 15) is 0 Å². The van der Waals surface area contributed by atoms with Gasteiger partial charge in [0.25, 0.3) is 0 Å². The van der Waals surface area contributed by atoms with Crippen LogP contribution < -0.4 is 0 Å². The molecule has 0 bridgehead atoms. The van der Waals surface area contributed by atoms with Gasteiger partial charge in [0, 0.05) is 5.54 Å². The number of allylic oxidation sites excluding steroid dienone is 2. The third-order valence-electron chi connectivity index (χ3n) is 0.634. The Morgan fingerprint density at radius 1 is 1.43 bits per heavy atom. The van der Waals surface area contributed by atoms with E-state index in [1.807, 2.05) is 0 Å². The molecule has 0 saturated carbocycles. The Labute approximate surface area is 51.4 Å². The molecule has 38 valence electrons. The van der Waals surface area contributed by atoms with Crippen molar-refractivity contribution in [1.82, 2.24) is 0 Å². The molecule has 0 aliphatic rings. The van der Waals surface area contributed by atoms with Crippen molar-refractivity contribution in [2.24, 2.45) is 0 Å². The average Bonchev–Trinajstić information content (AvgIpc) is 1.72. The Hall–Kier alpha value is -0.0131. The largest absolute Gasteiger partial charge is 0.183 e. The molecule has 7 heavy (non-hydrogen) atoms. The molecule has 0 rings (SSSR count). The molecule has 0 aliphatic carbocycles. The van der Waals surface area contributed by atoms with Gasteiger partial charge in [-0.3, -0.25) is 0 Å². The van der Waals surface area contributed by atoms with Crippen LogP contribution in [0.4, 0.5) is 0 Å². The standard InChI is InChI=1S/C5H7ClSi/c1-3-5(4-2)7-6/h3-5H,1-2H2. The molecule has 0 unspecified atom stereocenters. The van der Waals surface area contributed by atoms with Gasteiger partial charge in [0.05, 0.1) is 0 Å². The summed E-state index contributed by atoms with van der Waals surface area (Å²) >= 11 is 5.45. The highest BCUT2D eigenvalue weighted by Crippen LogP contribution is 2.04. The Morgan fingerprint density at radius 3 is 1.86 bits per heavy atom. The zero-order chi connectivity index (χ0) is 5.70. The fourth-order valence-electron chi connectivity index (χ4n) is 0.185. The Bertz CT molecular complexity index is 62.5. The van der Waals surface area contributed by atoms with Crippen LogP contribution in [-0.4, -0.2) is 8.83 Å². The highest BCUT2D eigenvalue weighted by molar-refractivity contribution is 6.95. The fourth-order valence-corrected chi connectivity index (χ4v) is 0.898. The summed E-state index contributed by atoms with van der Waals surface area (Å²) in [4.78, 5) is 0. The second-order valence-electron chi connectivity index (χ2n) is 1.11. The first-order valence-electron chi connectivity index (χ1n) is 1.96. The van der Waals surface area contributed by atoms with E-state index in [1.54, 1.807) is 12.2 Å². The average molecular weight is 131 g/mol. The van der Waals surface area contributed by atoms with Crippen molar-refractivity contribution in [2.45, 2.75) is 5.54 Å². The molecule has 0 nitrogen and oxygen atoms in total. The first kappa shape index (κ1) is 6.99. The van der Waals surface area contributed by atoms with Crippen molar-refractivity contribution in [3.63, 3.8) is 0 Å². The van der Waals surface area contributed by atoms with Gasteiger partial charge in [-0.15, -0.1) is 13.2 Å². The summed E-state index contributed by atoms with van der Waals surface area (Å²) < 4.78 is 0. The van der Waals surface area contributed by atoms with Gasteiger partial charge in [-0.05, 0) is 0 Å². The monoisotopic (exact) mass is 130 g/mol. The molecule has 0 aliphatic heterocycles. The number of halogens is 1. The molecular weight excluding hydrogens is 124 g/mol. The normalized spacial score (nSPS) is 8.86. The van der Waals surface area contributed by atoms with Gasteiger partial charge in [-0.1, -0.05) is 12.2 Å². The maximum atomic E-state index is 5.45. The predicted molar refractivity (Wildman–Crippen MR) is 35.8 cm³/mol. The smallest absolute Gasteiger partial charge is 0.170 e. The summed E-state index contributed by atoms with van der Waals surface area (Å²) in [6.07, 6.45) is 3.58. The fraction of sp³-hybridized carbons (Fsp3) is 0.200. The van der Waals surface area contributed by atoms with Crippen LogP contribution in [-0.2, 0) is 0 Å². The van der Waals surface area contributed by atoms with Crippen LogP contribution in [0.5, 0.6) is 0 Å². The van der Waals surface area contributed by atoms with Crippen LogP contribution in [0.15, 0.2) is 25.3 Å². The minimum absolute atomic E-state index is 0.307. The van der Waals surface area contributed by atoms with Gasteiger partial charge < -0.3 is 0 Å². The summed E-state index contributed by atoms with van der Waals surface area (Å²) in [5.41, 5.74) is 0.307. The molecule has 0 saturated heterocycles. The van der Waals surface area contributed by atoms with Crippen LogP contribution >= 0.6 is 11.1 Å². The van der Waals surface area contributed by atoms with E-state index in [-0.39, 0.29) is 0 Å². The van der Waals surface area contributed by atoms with Crippen molar-refractivity contribution < 1.29 is 0 Å². The van der Waals surface area contributed by atoms with Crippen molar-refractivity contribution in [1.29, 1.82) is 0 Å². The molecule has 0 aromatic rings. The number of rotatable bonds is 3. The van der Waals surface area contributed by atoms with Gasteiger partial charge in [-0.25, -0.2) is 0 Å². The lowest BCUT2D eigenvalue weighted by molar-refractivity contribution is 1.39. The summed E-state index contributed by atoms with van der Waals surface area (Å²) in [5.74, 6) is 0. The van der Waals surface area contributed by atoms with Crippen LogP contribution in [0.1, 0.15) is 0 Å². The lowest BCUT2D eigenvalue weighted by Crippen LogP contribution is -1.85. The molecule has 0 aromatic carbocycles. The molecule has 0 aromatic heterocycles. The van der Waals surface area contributed by atoms with Crippen LogP contribution in [0.25, 0.3) is 0 Å². The van der Waals surface area contributed by atoms with Crippen molar-refractivity contribution in [3.05, 3.63) is 25.3 Å². The van der Waals surface area contributed by atoms with E-state index in [0.29, 0.717) is 14.4 Å². The van der Waals surface area contributed by atoms with Crippen LogP contribution in [0.3, 0.4) is 0 Å². The molecular formula is C5H7ClSi. The maximum Gasteiger partial charge on any atom is 0.183 e. The first-order valence-corrected chi connectivity index (χ1v) is 4.05. The quantitative estimate of drug-likeness (QED) is 0.312. The van der Waals surface area contributed by atoms with Gasteiger partial charge in [-0.2, -0.15) is 11.1 Å². The lowest BCUT2D eigenvalue weighted by atomic mass is 10.4. The second-order valence-corrected chi connectivity index (χ2v) is 2.65. The van der Waals surface area contributed by atoms with E-state index in [2.05, 4.69) is 13.2 Å². The molecule has 0 fully saturated rings. The molecule has 2 heteroatoms. The summed E-state index contributed by atoms with van der Waals surface area (Å²) in [7, 11) is 0.385. The van der Waals surface area contributed by atoms with E-state index in [0.717, 1.165) is 0 Å². The van der Waals surface area contributed by atoms with Gasteiger partial charge in [0.1, 0.15) is 0 Å². The third-order valence-corrected chi connectivity index (χ3v) is 2.11. The zero-order valence-corrected chi connectivity index (χ0v) is 5.78. The maximum absolute atomic E-state index is 5.45. The summed E-state index contributed by atoms with van der Waals surface area (Å²) in [5, 5.41) is 0. The topological polar surface area (TPSA) is 0 Å². The minimum Gasteiger partial charge on any atom is -0.170 e.